The van der Waals surface area contributed by atoms with E-state index in [2.05, 4.69) is 4.52 Å². The number of nitrogens with zero attached hydrogens (tertiary/aromatic N) is 1. The van der Waals surface area contributed by atoms with Gasteiger partial charge in [-0.2, -0.15) is 8.78 Å². The van der Waals surface area contributed by atoms with Crippen molar-refractivity contribution >= 4 is 15.9 Å². The molecule has 1 aliphatic heterocycles. The van der Waals surface area contributed by atoms with E-state index < -0.39 is 75.5 Å². The molecule has 0 spiro atoms. The number of hydrogen-bond donors (Lipinski definition) is 2. The van der Waals surface area contributed by atoms with Crippen molar-refractivity contribution in [3.8, 4) is 0 Å². The molecular formula is C19H32F3N2O7PSi. The largest absolute Gasteiger partial charge is 0.408 e. The first-order valence-corrected chi connectivity index (χ1v) is 15.0. The lowest BCUT2D eigenvalue weighted by Crippen LogP contribution is -2.49. The first kappa shape index (κ1) is 28.0. The molecule has 2 heterocycles. The fraction of sp³-hybridized carbons (Fsp3) is 0.789. The Bertz CT molecular complexity index is 1020. The number of H-pyrrole nitrogens is 1. The maximum atomic E-state index is 15.7. The highest BCUT2D eigenvalue weighted by molar-refractivity contribution is 7.54. The van der Waals surface area contributed by atoms with Crippen molar-refractivity contribution < 1.29 is 36.3 Å². The number of nitrogens with one attached hydrogen (secondary N) is 1. The molecule has 33 heavy (non-hydrogen) atoms. The molecule has 1 aliphatic rings. The van der Waals surface area contributed by atoms with Gasteiger partial charge < -0.3 is 18.6 Å². The summed E-state index contributed by atoms with van der Waals surface area (Å²) >= 11 is 0. The number of alkyl halides is 3. The zero-order valence-corrected chi connectivity index (χ0v) is 21.6. The van der Waals surface area contributed by atoms with Crippen molar-refractivity contribution in [3.05, 3.63) is 32.6 Å². The smallest absolute Gasteiger partial charge is 0.397 e. The van der Waals surface area contributed by atoms with Crippen molar-refractivity contribution in [2.75, 3.05) is 6.61 Å². The molecule has 0 aliphatic carbocycles. The summed E-state index contributed by atoms with van der Waals surface area (Å²) < 4.78 is 73.9. The summed E-state index contributed by atoms with van der Waals surface area (Å²) in [6.07, 6.45) is -7.29. The van der Waals surface area contributed by atoms with Gasteiger partial charge in [0.05, 0.1) is 19.1 Å². The van der Waals surface area contributed by atoms with Crippen LogP contribution in [0.5, 0.6) is 0 Å². The van der Waals surface area contributed by atoms with Crippen LogP contribution in [-0.4, -0.2) is 53.4 Å². The van der Waals surface area contributed by atoms with Gasteiger partial charge in [-0.3, -0.25) is 18.9 Å². The first-order chi connectivity index (χ1) is 14.8. The second-order valence-corrected chi connectivity index (χ2v) is 16.3. The molecule has 9 nitrogen and oxygen atoms in total. The highest BCUT2D eigenvalue weighted by Gasteiger charge is 2.59. The maximum Gasteiger partial charge on any atom is 0.397 e. The topological polar surface area (TPSA) is 120 Å². The molecule has 1 saturated heterocycles. The van der Waals surface area contributed by atoms with Crippen LogP contribution in [0.2, 0.25) is 18.1 Å². The van der Waals surface area contributed by atoms with Crippen LogP contribution in [0.3, 0.4) is 0 Å². The SMILES string of the molecule is CCOP(=O)(O)C(F)(F)C[C@H]1O[C@@H](n2cc(C)c(=O)[nH]c2=O)[C@H](F)[C@@H]1O[Si](C)(C)C(C)(C)C. The van der Waals surface area contributed by atoms with Crippen LogP contribution >= 0.6 is 7.60 Å². The monoisotopic (exact) mass is 516 g/mol. The van der Waals surface area contributed by atoms with Crippen LogP contribution < -0.4 is 11.2 Å². The highest BCUT2D eigenvalue weighted by atomic mass is 31.2. The Hall–Kier alpha value is -1.24. The first-order valence-electron chi connectivity index (χ1n) is 10.5. The van der Waals surface area contributed by atoms with E-state index in [1.807, 2.05) is 25.8 Å². The number of rotatable bonds is 8. The van der Waals surface area contributed by atoms with Crippen LogP contribution in [0, 0.1) is 6.92 Å². The summed E-state index contributed by atoms with van der Waals surface area (Å²) in [5.41, 5.74) is -5.85. The van der Waals surface area contributed by atoms with Crippen LogP contribution in [0.25, 0.3) is 0 Å². The van der Waals surface area contributed by atoms with Crippen molar-refractivity contribution in [2.24, 2.45) is 0 Å². The third-order valence-corrected chi connectivity index (χ3v) is 12.2. The Morgan fingerprint density at radius 3 is 2.39 bits per heavy atom. The molecule has 2 N–H and O–H groups in total. The summed E-state index contributed by atoms with van der Waals surface area (Å²) in [4.78, 5) is 35.7. The van der Waals surface area contributed by atoms with Gasteiger partial charge >= 0.3 is 18.9 Å². The molecule has 0 aromatic carbocycles. The van der Waals surface area contributed by atoms with E-state index in [1.54, 1.807) is 13.1 Å². The van der Waals surface area contributed by atoms with E-state index in [0.29, 0.717) is 0 Å². The van der Waals surface area contributed by atoms with Crippen molar-refractivity contribution in [3.63, 3.8) is 0 Å². The van der Waals surface area contributed by atoms with Gasteiger partial charge in [0.25, 0.3) is 5.56 Å². The summed E-state index contributed by atoms with van der Waals surface area (Å²) in [7, 11) is -8.12. The molecule has 0 bridgehead atoms. The molecule has 14 heteroatoms. The minimum atomic E-state index is -5.39. The minimum absolute atomic E-state index is 0.0808. The van der Waals surface area contributed by atoms with Gasteiger partial charge in [0.1, 0.15) is 6.10 Å². The number of ether oxygens (including phenoxy) is 1. The molecule has 2 rings (SSSR count). The van der Waals surface area contributed by atoms with Crippen LogP contribution in [0.1, 0.15) is 45.9 Å². The number of aromatic amines is 1. The fourth-order valence-electron chi connectivity index (χ4n) is 3.14. The Morgan fingerprint density at radius 1 is 1.30 bits per heavy atom. The van der Waals surface area contributed by atoms with Gasteiger partial charge in [-0.25, -0.2) is 9.18 Å². The number of halogens is 3. The molecule has 1 aromatic rings. The summed E-state index contributed by atoms with van der Waals surface area (Å²) in [6, 6.07) is 0. The Morgan fingerprint density at radius 2 is 1.88 bits per heavy atom. The molecular weight excluding hydrogens is 484 g/mol. The second-order valence-electron chi connectivity index (χ2n) is 9.64. The van der Waals surface area contributed by atoms with Gasteiger partial charge in [-0.05, 0) is 32.0 Å². The number of aryl methyl sites for hydroxylation is 1. The van der Waals surface area contributed by atoms with E-state index in [0.717, 1.165) is 10.8 Å². The predicted molar refractivity (Wildman–Crippen MR) is 118 cm³/mol. The fourth-order valence-corrected chi connectivity index (χ4v) is 5.41. The second kappa shape index (κ2) is 9.42. The highest BCUT2D eigenvalue weighted by Crippen LogP contribution is 2.60. The third kappa shape index (κ3) is 5.71. The van der Waals surface area contributed by atoms with E-state index in [-0.39, 0.29) is 5.56 Å². The molecule has 0 radical (unpaired) electrons. The van der Waals surface area contributed by atoms with Crippen molar-refractivity contribution in [1.82, 2.24) is 9.55 Å². The maximum absolute atomic E-state index is 15.7. The minimum Gasteiger partial charge on any atom is -0.408 e. The third-order valence-electron chi connectivity index (χ3n) is 6.09. The van der Waals surface area contributed by atoms with Gasteiger partial charge in [-0.1, -0.05) is 20.8 Å². The Labute approximate surface area is 190 Å². The Kier molecular flexibility index (Phi) is 8.00. The lowest BCUT2D eigenvalue weighted by atomic mass is 10.1. The average Bonchev–Trinajstić information content (AvgIpc) is 2.92. The normalized spacial score (nSPS) is 26.4. The molecule has 5 atom stereocenters. The molecule has 1 aromatic heterocycles. The van der Waals surface area contributed by atoms with E-state index in [9.17, 15) is 27.8 Å². The quantitative estimate of drug-likeness (QED) is 0.400. The molecule has 1 fully saturated rings. The van der Waals surface area contributed by atoms with E-state index in [4.69, 9.17) is 9.16 Å². The van der Waals surface area contributed by atoms with Crippen LogP contribution in [0.4, 0.5) is 13.2 Å². The molecule has 190 valence electrons. The zero-order valence-electron chi connectivity index (χ0n) is 19.7. The van der Waals surface area contributed by atoms with Gasteiger partial charge in [-0.15, -0.1) is 0 Å². The van der Waals surface area contributed by atoms with E-state index >= 15 is 4.39 Å². The van der Waals surface area contributed by atoms with Crippen molar-refractivity contribution in [1.29, 1.82) is 0 Å². The molecule has 0 saturated carbocycles. The van der Waals surface area contributed by atoms with Crippen LogP contribution in [0.15, 0.2) is 15.8 Å². The van der Waals surface area contributed by atoms with Crippen LogP contribution in [-0.2, 0) is 18.3 Å². The number of aromatic nitrogens is 2. The van der Waals surface area contributed by atoms with Gasteiger partial charge in [0, 0.05) is 11.8 Å². The van der Waals surface area contributed by atoms with E-state index in [1.165, 1.54) is 13.8 Å². The summed E-state index contributed by atoms with van der Waals surface area (Å²) in [5, 5.41) is -0.416. The van der Waals surface area contributed by atoms with Gasteiger partial charge in [0.15, 0.2) is 20.7 Å². The summed E-state index contributed by atoms with van der Waals surface area (Å²) in [6.45, 7) is 11.4. The van der Waals surface area contributed by atoms with Crippen molar-refractivity contribution in [2.45, 2.75) is 89.4 Å². The predicted octanol–water partition coefficient (Wildman–Crippen LogP) is 3.68. The zero-order chi connectivity index (χ0) is 25.6. The van der Waals surface area contributed by atoms with Gasteiger partial charge in [0.2, 0.25) is 0 Å². The number of hydrogen-bond acceptors (Lipinski definition) is 6. The molecule has 0 amide bonds. The average molecular weight is 517 g/mol. The standard InChI is InChI=1S/C19H32F3N2O7PSi/c1-8-29-32(27,28)19(21,22)9-12-14(31-33(6,7)18(3,4)5)13(20)16(30-12)24-10-11(2)15(25)23-17(24)26/h10,12-14,16H,8-9H2,1-7H3,(H,27,28)(H,23,25,26)/t12-,13-,14-,16-/m1/s1. The summed E-state index contributed by atoms with van der Waals surface area (Å²) in [5.74, 6) is 0. The lowest BCUT2D eigenvalue weighted by Gasteiger charge is -2.40. The lowest BCUT2D eigenvalue weighted by molar-refractivity contribution is -0.0686. The Balaban J connectivity index is 2.50. The molecule has 1 unspecified atom stereocenters.